The number of hydrogen-bond donors (Lipinski definition) is 2. The van der Waals surface area contributed by atoms with Crippen molar-refractivity contribution in [3.8, 4) is 5.75 Å². The number of amides is 1. The van der Waals surface area contributed by atoms with E-state index in [4.69, 9.17) is 4.74 Å². The Kier molecular flexibility index (Phi) is 7.82. The van der Waals surface area contributed by atoms with Gasteiger partial charge >= 0.3 is 0 Å². The fourth-order valence-electron chi connectivity index (χ4n) is 2.30. The van der Waals surface area contributed by atoms with Gasteiger partial charge < -0.3 is 10.1 Å². The number of anilines is 1. The van der Waals surface area contributed by atoms with Gasteiger partial charge in [-0.3, -0.25) is 4.79 Å². The van der Waals surface area contributed by atoms with E-state index in [1.807, 2.05) is 44.2 Å². The van der Waals surface area contributed by atoms with Crippen molar-refractivity contribution >= 4 is 21.6 Å². The molecule has 0 aliphatic carbocycles. The highest BCUT2D eigenvalue weighted by molar-refractivity contribution is 7.89. The van der Waals surface area contributed by atoms with Crippen molar-refractivity contribution in [2.45, 2.75) is 44.0 Å². The van der Waals surface area contributed by atoms with Crippen LogP contribution < -0.4 is 14.8 Å². The predicted molar refractivity (Wildman–Crippen MR) is 106 cm³/mol. The highest BCUT2D eigenvalue weighted by Gasteiger charge is 2.16. The zero-order chi connectivity index (χ0) is 19.7. The van der Waals surface area contributed by atoms with Gasteiger partial charge in [-0.15, -0.1) is 0 Å². The monoisotopic (exact) mass is 390 g/mol. The third kappa shape index (κ3) is 7.03. The third-order valence-corrected chi connectivity index (χ3v) is 5.58. The Morgan fingerprint density at radius 3 is 2.37 bits per heavy atom. The molecule has 7 heteroatoms. The van der Waals surface area contributed by atoms with E-state index in [0.717, 1.165) is 5.75 Å². The fourth-order valence-corrected chi connectivity index (χ4v) is 3.62. The van der Waals surface area contributed by atoms with Crippen molar-refractivity contribution in [3.63, 3.8) is 0 Å². The van der Waals surface area contributed by atoms with Crippen LogP contribution in [0.3, 0.4) is 0 Å². The summed E-state index contributed by atoms with van der Waals surface area (Å²) in [6, 6.07) is 15.4. The molecule has 0 fully saturated rings. The van der Waals surface area contributed by atoms with Crippen molar-refractivity contribution in [3.05, 3.63) is 54.6 Å². The van der Waals surface area contributed by atoms with Gasteiger partial charge in [0.1, 0.15) is 5.75 Å². The second-order valence-electron chi connectivity index (χ2n) is 6.27. The van der Waals surface area contributed by atoms with Crippen molar-refractivity contribution in [2.75, 3.05) is 11.9 Å². The smallest absolute Gasteiger partial charge is 0.240 e. The summed E-state index contributed by atoms with van der Waals surface area (Å²) in [5, 5.41) is 2.76. The lowest BCUT2D eigenvalue weighted by Crippen LogP contribution is -2.31. The molecule has 0 spiro atoms. The Morgan fingerprint density at radius 2 is 1.74 bits per heavy atom. The van der Waals surface area contributed by atoms with E-state index in [2.05, 4.69) is 10.0 Å². The van der Waals surface area contributed by atoms with Crippen LogP contribution in [0, 0.1) is 0 Å². The summed E-state index contributed by atoms with van der Waals surface area (Å²) < 4.78 is 32.6. The summed E-state index contributed by atoms with van der Waals surface area (Å²) in [6.45, 7) is 4.18. The first-order valence-corrected chi connectivity index (χ1v) is 10.5. The largest absolute Gasteiger partial charge is 0.494 e. The Hall–Kier alpha value is -2.38. The molecule has 0 aromatic heterocycles. The molecule has 27 heavy (non-hydrogen) atoms. The van der Waals surface area contributed by atoms with Gasteiger partial charge in [0.25, 0.3) is 0 Å². The van der Waals surface area contributed by atoms with Gasteiger partial charge in [-0.2, -0.15) is 0 Å². The van der Waals surface area contributed by atoms with E-state index < -0.39 is 10.0 Å². The van der Waals surface area contributed by atoms with Crippen LogP contribution in [-0.4, -0.2) is 27.0 Å². The second-order valence-corrected chi connectivity index (χ2v) is 7.98. The quantitative estimate of drug-likeness (QED) is 0.608. The summed E-state index contributed by atoms with van der Waals surface area (Å²) in [5.41, 5.74) is 0.562. The van der Waals surface area contributed by atoms with Gasteiger partial charge in [0, 0.05) is 18.2 Å². The molecule has 1 atom stereocenters. The summed E-state index contributed by atoms with van der Waals surface area (Å²) >= 11 is 0. The maximum atomic E-state index is 12.2. The van der Waals surface area contributed by atoms with Crippen LogP contribution in [0.25, 0.3) is 0 Å². The van der Waals surface area contributed by atoms with Gasteiger partial charge in [0.2, 0.25) is 15.9 Å². The van der Waals surface area contributed by atoms with E-state index >= 15 is 0 Å². The van der Waals surface area contributed by atoms with E-state index in [1.165, 1.54) is 12.1 Å². The van der Waals surface area contributed by atoms with Gasteiger partial charge in [0.05, 0.1) is 11.5 Å². The number of benzene rings is 2. The zero-order valence-electron chi connectivity index (χ0n) is 15.6. The van der Waals surface area contributed by atoms with Crippen LogP contribution in [0.15, 0.2) is 59.5 Å². The first-order valence-electron chi connectivity index (χ1n) is 9.01. The molecule has 0 bridgehead atoms. The van der Waals surface area contributed by atoms with Gasteiger partial charge in [0.15, 0.2) is 0 Å². The van der Waals surface area contributed by atoms with E-state index in [0.29, 0.717) is 31.6 Å². The van der Waals surface area contributed by atoms with Gasteiger partial charge in [-0.05, 0) is 56.2 Å². The number of ether oxygens (including phenoxy) is 1. The zero-order valence-corrected chi connectivity index (χ0v) is 16.5. The van der Waals surface area contributed by atoms with E-state index in [1.54, 1.807) is 12.1 Å². The average molecular weight is 391 g/mol. The molecule has 0 saturated heterocycles. The molecular weight excluding hydrogens is 364 g/mol. The summed E-state index contributed by atoms with van der Waals surface area (Å²) in [7, 11) is -3.54. The van der Waals surface area contributed by atoms with Crippen LogP contribution >= 0.6 is 0 Å². The maximum absolute atomic E-state index is 12.2. The number of nitrogens with one attached hydrogen (secondary N) is 2. The minimum absolute atomic E-state index is 0.132. The molecule has 146 valence electrons. The van der Waals surface area contributed by atoms with Crippen LogP contribution in [0.1, 0.15) is 33.1 Å². The minimum Gasteiger partial charge on any atom is -0.494 e. The average Bonchev–Trinajstić information content (AvgIpc) is 2.66. The Balaban J connectivity index is 1.79. The summed E-state index contributed by atoms with van der Waals surface area (Å²) in [6.07, 6.45) is 1.62. The molecule has 0 radical (unpaired) electrons. The highest BCUT2D eigenvalue weighted by atomic mass is 32.2. The molecule has 0 aliphatic rings. The fraction of sp³-hybridized carbons (Fsp3) is 0.350. The van der Waals surface area contributed by atoms with Gasteiger partial charge in [-0.25, -0.2) is 13.1 Å². The number of carbonyl (C=O) groups excluding carboxylic acids is 1. The lowest BCUT2D eigenvalue weighted by atomic mass is 10.2. The number of para-hydroxylation sites is 1. The summed E-state index contributed by atoms with van der Waals surface area (Å²) in [5.74, 6) is 0.640. The predicted octanol–water partition coefficient (Wildman–Crippen LogP) is 3.56. The molecule has 0 aliphatic heterocycles. The highest BCUT2D eigenvalue weighted by Crippen LogP contribution is 2.15. The molecule has 1 unspecified atom stereocenters. The molecule has 6 nitrogen and oxygen atoms in total. The van der Waals surface area contributed by atoms with Crippen molar-refractivity contribution in [1.82, 2.24) is 4.72 Å². The van der Waals surface area contributed by atoms with Crippen LogP contribution in [-0.2, 0) is 14.8 Å². The second kappa shape index (κ2) is 10.1. The van der Waals surface area contributed by atoms with Gasteiger partial charge in [-0.1, -0.05) is 25.1 Å². The van der Waals surface area contributed by atoms with Crippen LogP contribution in [0.2, 0.25) is 0 Å². The lowest BCUT2D eigenvalue weighted by molar-refractivity contribution is -0.116. The maximum Gasteiger partial charge on any atom is 0.240 e. The number of hydrogen-bond acceptors (Lipinski definition) is 4. The number of rotatable bonds is 10. The molecule has 1 amide bonds. The Bertz CT molecular complexity index is 821. The van der Waals surface area contributed by atoms with Crippen LogP contribution in [0.4, 0.5) is 5.69 Å². The normalized spacial score (nSPS) is 12.4. The third-order valence-electron chi connectivity index (χ3n) is 3.98. The standard InChI is InChI=1S/C20H26N2O4S/c1-3-16(2)22-27(24,25)19-13-11-17(12-14-19)21-20(23)10-7-15-26-18-8-5-4-6-9-18/h4-6,8-9,11-14,16,22H,3,7,10,15H2,1-2H3,(H,21,23). The minimum atomic E-state index is -3.54. The van der Waals surface area contributed by atoms with E-state index in [9.17, 15) is 13.2 Å². The van der Waals surface area contributed by atoms with Crippen molar-refractivity contribution in [1.29, 1.82) is 0 Å². The molecule has 2 aromatic carbocycles. The number of sulfonamides is 1. The van der Waals surface area contributed by atoms with Crippen molar-refractivity contribution in [2.24, 2.45) is 0 Å². The molecule has 2 aromatic rings. The summed E-state index contributed by atoms with van der Waals surface area (Å²) in [4.78, 5) is 12.2. The Labute approximate surface area is 161 Å². The van der Waals surface area contributed by atoms with E-state index in [-0.39, 0.29) is 16.8 Å². The number of carbonyl (C=O) groups is 1. The lowest BCUT2D eigenvalue weighted by Gasteiger charge is -2.12. The Morgan fingerprint density at radius 1 is 1.07 bits per heavy atom. The SMILES string of the molecule is CCC(C)NS(=O)(=O)c1ccc(NC(=O)CCCOc2ccccc2)cc1. The first-order chi connectivity index (χ1) is 12.9. The molecule has 2 rings (SSSR count). The molecule has 0 heterocycles. The first kappa shape index (κ1) is 20.9. The molecule has 2 N–H and O–H groups in total. The molecular formula is C20H26N2O4S. The topological polar surface area (TPSA) is 84.5 Å². The van der Waals surface area contributed by atoms with Crippen LogP contribution in [0.5, 0.6) is 5.75 Å². The van der Waals surface area contributed by atoms with Crippen molar-refractivity contribution < 1.29 is 17.9 Å². The molecule has 0 saturated carbocycles.